The number of allylic oxidation sites excluding steroid dienone is 4. The molecule has 0 fully saturated rings. The Labute approximate surface area is 89.4 Å². The summed E-state index contributed by atoms with van der Waals surface area (Å²) in [4.78, 5) is 0. The first-order chi connectivity index (χ1) is 6.91. The van der Waals surface area contributed by atoms with Crippen molar-refractivity contribution in [3.63, 3.8) is 0 Å². The molecular weight excluding hydrogens is 168 g/mol. The van der Waals surface area contributed by atoms with Crippen LogP contribution in [0.1, 0.15) is 51.4 Å². The summed E-state index contributed by atoms with van der Waals surface area (Å²) in [7, 11) is 0. The maximum absolute atomic E-state index is 3.72. The summed E-state index contributed by atoms with van der Waals surface area (Å²) in [6, 6.07) is 0. The smallest absolute Gasteiger partial charge is 0.0172 e. The Balaban J connectivity index is 2.98. The van der Waals surface area contributed by atoms with Gasteiger partial charge in [-0.15, -0.1) is 13.2 Å². The first-order valence-electron chi connectivity index (χ1n) is 5.78. The van der Waals surface area contributed by atoms with E-state index in [-0.39, 0.29) is 0 Å². The molecular formula is C14H24. The van der Waals surface area contributed by atoms with E-state index in [4.69, 9.17) is 0 Å². The van der Waals surface area contributed by atoms with Gasteiger partial charge in [-0.2, -0.15) is 0 Å². The summed E-state index contributed by atoms with van der Waals surface area (Å²) < 4.78 is 0. The zero-order valence-corrected chi connectivity index (χ0v) is 9.38. The Kier molecular flexibility index (Phi) is 11.5. The Morgan fingerprint density at radius 1 is 0.643 bits per heavy atom. The van der Waals surface area contributed by atoms with Crippen LogP contribution in [0.4, 0.5) is 0 Å². The molecule has 0 unspecified atom stereocenters. The molecule has 0 amide bonds. The van der Waals surface area contributed by atoms with Crippen LogP contribution in [0.2, 0.25) is 0 Å². The molecule has 80 valence electrons. The normalized spacial score (nSPS) is 10.6. The third kappa shape index (κ3) is 11.2. The molecule has 0 aliphatic heterocycles. The first kappa shape index (κ1) is 13.2. The average Bonchev–Trinajstić information content (AvgIpc) is 2.21. The molecule has 14 heavy (non-hydrogen) atoms. The van der Waals surface area contributed by atoms with Crippen LogP contribution in [0.5, 0.6) is 0 Å². The van der Waals surface area contributed by atoms with Gasteiger partial charge in [0.2, 0.25) is 0 Å². The molecule has 0 rings (SSSR count). The monoisotopic (exact) mass is 192 g/mol. The van der Waals surface area contributed by atoms with E-state index in [0.29, 0.717) is 0 Å². The van der Waals surface area contributed by atoms with E-state index in [9.17, 15) is 0 Å². The molecule has 0 heterocycles. The van der Waals surface area contributed by atoms with E-state index in [2.05, 4.69) is 25.3 Å². The predicted octanol–water partition coefficient (Wildman–Crippen LogP) is 5.04. The van der Waals surface area contributed by atoms with Crippen molar-refractivity contribution < 1.29 is 0 Å². The Morgan fingerprint density at radius 2 is 1.29 bits per heavy atom. The molecule has 0 spiro atoms. The van der Waals surface area contributed by atoms with Crippen molar-refractivity contribution in [1.82, 2.24) is 0 Å². The molecule has 0 radical (unpaired) electrons. The fourth-order valence-corrected chi connectivity index (χ4v) is 1.39. The number of hydrogen-bond acceptors (Lipinski definition) is 0. The molecule has 0 bridgehead atoms. The van der Waals surface area contributed by atoms with Crippen LogP contribution in [0, 0.1) is 0 Å². The summed E-state index contributed by atoms with van der Waals surface area (Å²) in [6.07, 6.45) is 18.6. The Bertz CT molecular complexity index is 153. The lowest BCUT2D eigenvalue weighted by Crippen LogP contribution is -1.77. The summed E-state index contributed by atoms with van der Waals surface area (Å²) in [5.41, 5.74) is 0. The van der Waals surface area contributed by atoms with Gasteiger partial charge in [0.1, 0.15) is 0 Å². The second-order valence-corrected chi connectivity index (χ2v) is 3.63. The molecule has 0 aliphatic rings. The van der Waals surface area contributed by atoms with Crippen LogP contribution in [-0.2, 0) is 0 Å². The lowest BCUT2D eigenvalue weighted by atomic mass is 10.1. The number of unbranched alkanes of at least 4 members (excludes halogenated alkanes) is 6. The van der Waals surface area contributed by atoms with Crippen LogP contribution < -0.4 is 0 Å². The summed E-state index contributed by atoms with van der Waals surface area (Å²) in [5, 5.41) is 0. The number of hydrogen-bond donors (Lipinski definition) is 0. The van der Waals surface area contributed by atoms with Crippen molar-refractivity contribution in [1.29, 1.82) is 0 Å². The molecule has 0 saturated carbocycles. The summed E-state index contributed by atoms with van der Waals surface area (Å²) >= 11 is 0. The molecule has 0 heteroatoms. The minimum atomic E-state index is 1.01. The van der Waals surface area contributed by atoms with Crippen molar-refractivity contribution >= 4 is 0 Å². The van der Waals surface area contributed by atoms with Crippen LogP contribution in [0.15, 0.2) is 37.5 Å². The van der Waals surface area contributed by atoms with E-state index < -0.39 is 0 Å². The maximum atomic E-state index is 3.72. The molecule has 0 aromatic carbocycles. The van der Waals surface area contributed by atoms with E-state index in [1.807, 2.05) is 12.2 Å². The molecule has 0 nitrogen and oxygen atoms in total. The summed E-state index contributed by atoms with van der Waals surface area (Å²) in [6.45, 7) is 7.40. The Morgan fingerprint density at radius 3 is 1.93 bits per heavy atom. The van der Waals surface area contributed by atoms with Gasteiger partial charge in [0, 0.05) is 0 Å². The molecule has 0 aromatic heterocycles. The molecule has 0 saturated heterocycles. The highest BCUT2D eigenvalue weighted by atomic mass is 13.9. The largest absolute Gasteiger partial charge is 0.103 e. The lowest BCUT2D eigenvalue weighted by molar-refractivity contribution is 0.622. The van der Waals surface area contributed by atoms with Crippen molar-refractivity contribution in [2.45, 2.75) is 51.4 Å². The minimum Gasteiger partial charge on any atom is -0.103 e. The zero-order chi connectivity index (χ0) is 10.5. The third-order valence-corrected chi connectivity index (χ3v) is 2.25. The van der Waals surface area contributed by atoms with Gasteiger partial charge >= 0.3 is 0 Å². The van der Waals surface area contributed by atoms with Crippen LogP contribution >= 0.6 is 0 Å². The topological polar surface area (TPSA) is 0 Å². The van der Waals surface area contributed by atoms with Gasteiger partial charge in [0.25, 0.3) is 0 Å². The van der Waals surface area contributed by atoms with E-state index >= 15 is 0 Å². The quantitative estimate of drug-likeness (QED) is 0.336. The van der Waals surface area contributed by atoms with E-state index in [1.54, 1.807) is 0 Å². The predicted molar refractivity (Wildman–Crippen MR) is 66.5 cm³/mol. The standard InChI is InChI=1S/C14H24/c1-3-5-7-9-11-13-14-12-10-8-6-4-2/h3-4,7,9H,1-2,5-6,8,10-14H2/b9-7-. The van der Waals surface area contributed by atoms with Crippen LogP contribution in [-0.4, -0.2) is 0 Å². The van der Waals surface area contributed by atoms with Gasteiger partial charge in [-0.3, -0.25) is 0 Å². The van der Waals surface area contributed by atoms with Gasteiger partial charge in [-0.25, -0.2) is 0 Å². The zero-order valence-electron chi connectivity index (χ0n) is 9.38. The Hall–Kier alpha value is -0.780. The molecule has 0 N–H and O–H groups in total. The highest BCUT2D eigenvalue weighted by Gasteiger charge is 1.87. The molecule has 0 aliphatic carbocycles. The first-order valence-corrected chi connectivity index (χ1v) is 5.78. The van der Waals surface area contributed by atoms with E-state index in [0.717, 1.165) is 6.42 Å². The van der Waals surface area contributed by atoms with Gasteiger partial charge in [-0.1, -0.05) is 43.6 Å². The van der Waals surface area contributed by atoms with Crippen molar-refractivity contribution in [3.8, 4) is 0 Å². The van der Waals surface area contributed by atoms with Crippen molar-refractivity contribution in [2.24, 2.45) is 0 Å². The molecule has 0 atom stereocenters. The third-order valence-electron chi connectivity index (χ3n) is 2.25. The molecule has 0 aromatic rings. The second kappa shape index (κ2) is 12.2. The van der Waals surface area contributed by atoms with Crippen molar-refractivity contribution in [2.75, 3.05) is 0 Å². The van der Waals surface area contributed by atoms with Gasteiger partial charge < -0.3 is 0 Å². The fraction of sp³-hybridized carbons (Fsp3) is 0.571. The van der Waals surface area contributed by atoms with Crippen LogP contribution in [0.25, 0.3) is 0 Å². The average molecular weight is 192 g/mol. The van der Waals surface area contributed by atoms with Crippen LogP contribution in [0.3, 0.4) is 0 Å². The SMILES string of the molecule is C=CC/C=C\CCCCCCCC=C. The van der Waals surface area contributed by atoms with Gasteiger partial charge in [0.05, 0.1) is 0 Å². The second-order valence-electron chi connectivity index (χ2n) is 3.63. The highest BCUT2D eigenvalue weighted by Crippen LogP contribution is 2.07. The fourth-order valence-electron chi connectivity index (χ4n) is 1.39. The lowest BCUT2D eigenvalue weighted by Gasteiger charge is -1.97. The summed E-state index contributed by atoms with van der Waals surface area (Å²) in [5.74, 6) is 0. The minimum absolute atomic E-state index is 1.01. The van der Waals surface area contributed by atoms with Gasteiger partial charge in [-0.05, 0) is 32.1 Å². The maximum Gasteiger partial charge on any atom is -0.0172 e. The van der Waals surface area contributed by atoms with Crippen molar-refractivity contribution in [3.05, 3.63) is 37.5 Å². The number of rotatable bonds is 10. The van der Waals surface area contributed by atoms with Gasteiger partial charge in [0.15, 0.2) is 0 Å². The highest BCUT2D eigenvalue weighted by molar-refractivity contribution is 4.87. The van der Waals surface area contributed by atoms with E-state index in [1.165, 1.54) is 44.9 Å².